The topological polar surface area (TPSA) is 24.9 Å². The Morgan fingerprint density at radius 2 is 2.00 bits per heavy atom. The van der Waals surface area contributed by atoms with Gasteiger partial charge in [-0.1, -0.05) is 0 Å². The molecule has 0 radical (unpaired) electrons. The van der Waals surface area contributed by atoms with Gasteiger partial charge in [-0.2, -0.15) is 0 Å². The van der Waals surface area contributed by atoms with Crippen molar-refractivity contribution >= 4 is 33.0 Å². The molecular weight excluding hydrogens is 308 g/mol. The highest BCUT2D eigenvalue weighted by Crippen LogP contribution is 2.29. The number of thiophene rings is 1. The summed E-state index contributed by atoms with van der Waals surface area (Å²) in [7, 11) is 0. The van der Waals surface area contributed by atoms with E-state index in [1.54, 1.807) is 0 Å². The number of aryl methyl sites for hydroxylation is 3. The van der Waals surface area contributed by atoms with Crippen molar-refractivity contribution in [3.63, 3.8) is 0 Å². The van der Waals surface area contributed by atoms with Gasteiger partial charge in [0.2, 0.25) is 0 Å². The molecule has 96 valence electrons. The van der Waals surface area contributed by atoms with Crippen LogP contribution in [0.15, 0.2) is 22.9 Å². The fourth-order valence-electron chi connectivity index (χ4n) is 2.05. The SMILES string of the molecule is Cc1cc(C(C)Nc2cnc(Br)c(C)c2)c(C)s1. The lowest BCUT2D eigenvalue weighted by molar-refractivity contribution is 0.879. The second kappa shape index (κ2) is 5.41. The third-order valence-electron chi connectivity index (χ3n) is 2.94. The van der Waals surface area contributed by atoms with E-state index in [1.165, 1.54) is 15.3 Å². The number of halogens is 1. The first-order valence-electron chi connectivity index (χ1n) is 5.93. The second-order valence-corrected chi connectivity index (χ2v) is 6.78. The molecule has 4 heteroatoms. The summed E-state index contributed by atoms with van der Waals surface area (Å²) in [6, 6.07) is 4.68. The summed E-state index contributed by atoms with van der Waals surface area (Å²) < 4.78 is 0.906. The Balaban J connectivity index is 2.18. The number of nitrogens with one attached hydrogen (secondary N) is 1. The van der Waals surface area contributed by atoms with Crippen molar-refractivity contribution in [1.29, 1.82) is 0 Å². The number of rotatable bonds is 3. The van der Waals surface area contributed by atoms with E-state index in [9.17, 15) is 0 Å². The van der Waals surface area contributed by atoms with Crippen molar-refractivity contribution in [3.05, 3.63) is 43.8 Å². The molecule has 18 heavy (non-hydrogen) atoms. The van der Waals surface area contributed by atoms with E-state index in [2.05, 4.69) is 59.1 Å². The fourth-order valence-corrected chi connectivity index (χ4v) is 3.28. The molecule has 2 heterocycles. The molecular formula is C14H17BrN2S. The van der Waals surface area contributed by atoms with Crippen LogP contribution in [-0.4, -0.2) is 4.98 Å². The molecule has 0 saturated heterocycles. The zero-order chi connectivity index (χ0) is 13.3. The summed E-state index contributed by atoms with van der Waals surface area (Å²) >= 11 is 5.27. The van der Waals surface area contributed by atoms with Crippen molar-refractivity contribution in [2.45, 2.75) is 33.7 Å². The van der Waals surface area contributed by atoms with Gasteiger partial charge < -0.3 is 5.32 Å². The molecule has 0 aromatic carbocycles. The molecule has 2 aromatic heterocycles. The molecule has 0 amide bonds. The highest BCUT2D eigenvalue weighted by Gasteiger charge is 2.11. The summed E-state index contributed by atoms with van der Waals surface area (Å²) in [6.45, 7) is 8.56. The summed E-state index contributed by atoms with van der Waals surface area (Å²) in [5.41, 5.74) is 3.58. The molecule has 2 aromatic rings. The molecule has 0 bridgehead atoms. The van der Waals surface area contributed by atoms with Crippen LogP contribution in [0.1, 0.15) is 33.8 Å². The van der Waals surface area contributed by atoms with Gasteiger partial charge >= 0.3 is 0 Å². The van der Waals surface area contributed by atoms with Crippen molar-refractivity contribution in [2.24, 2.45) is 0 Å². The highest BCUT2D eigenvalue weighted by molar-refractivity contribution is 9.10. The van der Waals surface area contributed by atoms with Gasteiger partial charge in [-0.3, -0.25) is 0 Å². The van der Waals surface area contributed by atoms with Crippen LogP contribution < -0.4 is 5.32 Å². The minimum atomic E-state index is 0.303. The molecule has 0 fully saturated rings. The first-order chi connectivity index (χ1) is 8.47. The Morgan fingerprint density at radius 3 is 2.56 bits per heavy atom. The molecule has 0 aliphatic rings. The Hall–Kier alpha value is -0.870. The standard InChI is InChI=1S/C14H17BrN2S/c1-8-5-12(7-16-14(8)15)17-10(3)13-6-9(2)18-11(13)4/h5-7,10,17H,1-4H3. The van der Waals surface area contributed by atoms with E-state index in [1.807, 2.05) is 24.5 Å². The van der Waals surface area contributed by atoms with Gasteiger partial charge in [0.25, 0.3) is 0 Å². The van der Waals surface area contributed by atoms with Crippen molar-refractivity contribution in [1.82, 2.24) is 4.98 Å². The Bertz CT molecular complexity index is 563. The summed E-state index contributed by atoms with van der Waals surface area (Å²) in [4.78, 5) is 7.06. The predicted molar refractivity (Wildman–Crippen MR) is 82.5 cm³/mol. The average molecular weight is 325 g/mol. The van der Waals surface area contributed by atoms with E-state index in [0.29, 0.717) is 6.04 Å². The minimum absolute atomic E-state index is 0.303. The van der Waals surface area contributed by atoms with Gasteiger partial charge in [-0.05, 0) is 66.9 Å². The quantitative estimate of drug-likeness (QED) is 0.803. The number of pyridine rings is 1. The zero-order valence-electron chi connectivity index (χ0n) is 11.0. The lowest BCUT2D eigenvalue weighted by Gasteiger charge is -2.15. The zero-order valence-corrected chi connectivity index (χ0v) is 13.4. The number of anilines is 1. The van der Waals surface area contributed by atoms with Gasteiger partial charge in [-0.25, -0.2) is 4.98 Å². The van der Waals surface area contributed by atoms with E-state index in [-0.39, 0.29) is 0 Å². The lowest BCUT2D eigenvalue weighted by Crippen LogP contribution is -2.07. The van der Waals surface area contributed by atoms with Gasteiger partial charge in [-0.15, -0.1) is 11.3 Å². The Morgan fingerprint density at radius 1 is 1.28 bits per heavy atom. The summed E-state index contributed by atoms with van der Waals surface area (Å²) in [5.74, 6) is 0. The maximum Gasteiger partial charge on any atom is 0.109 e. The number of hydrogen-bond donors (Lipinski definition) is 1. The van der Waals surface area contributed by atoms with Crippen molar-refractivity contribution in [2.75, 3.05) is 5.32 Å². The predicted octanol–water partition coefficient (Wildman–Crippen LogP) is 5.00. The first-order valence-corrected chi connectivity index (χ1v) is 7.54. The molecule has 0 aliphatic heterocycles. The number of hydrogen-bond acceptors (Lipinski definition) is 3. The van der Waals surface area contributed by atoms with Crippen molar-refractivity contribution in [3.8, 4) is 0 Å². The average Bonchev–Trinajstić information content (AvgIpc) is 2.63. The van der Waals surface area contributed by atoms with Crippen LogP contribution in [0.25, 0.3) is 0 Å². The fraction of sp³-hybridized carbons (Fsp3) is 0.357. The van der Waals surface area contributed by atoms with Crippen molar-refractivity contribution < 1.29 is 0 Å². The lowest BCUT2D eigenvalue weighted by atomic mass is 10.1. The molecule has 0 spiro atoms. The monoisotopic (exact) mass is 324 g/mol. The molecule has 2 rings (SSSR count). The van der Waals surface area contributed by atoms with Gasteiger partial charge in [0, 0.05) is 15.8 Å². The third-order valence-corrected chi connectivity index (χ3v) is 4.76. The maximum atomic E-state index is 4.31. The highest BCUT2D eigenvalue weighted by atomic mass is 79.9. The van der Waals surface area contributed by atoms with Gasteiger partial charge in [0.05, 0.1) is 11.9 Å². The van der Waals surface area contributed by atoms with E-state index >= 15 is 0 Å². The smallest absolute Gasteiger partial charge is 0.109 e. The Labute approximate surface area is 121 Å². The van der Waals surface area contributed by atoms with E-state index in [4.69, 9.17) is 0 Å². The first kappa shape index (κ1) is 13.6. The van der Waals surface area contributed by atoms with Crippen LogP contribution in [0.5, 0.6) is 0 Å². The van der Waals surface area contributed by atoms with Crippen LogP contribution in [0.2, 0.25) is 0 Å². The van der Waals surface area contributed by atoms with Crippen LogP contribution in [0, 0.1) is 20.8 Å². The van der Waals surface area contributed by atoms with E-state index in [0.717, 1.165) is 15.9 Å². The second-order valence-electron chi connectivity index (χ2n) is 4.57. The Kier molecular flexibility index (Phi) is 4.07. The van der Waals surface area contributed by atoms with Gasteiger partial charge in [0.15, 0.2) is 0 Å². The van der Waals surface area contributed by atoms with Crippen LogP contribution in [-0.2, 0) is 0 Å². The normalized spacial score (nSPS) is 12.5. The minimum Gasteiger partial charge on any atom is -0.377 e. The number of nitrogens with zero attached hydrogens (tertiary/aromatic N) is 1. The summed E-state index contributed by atoms with van der Waals surface area (Å²) in [6.07, 6.45) is 1.86. The number of aromatic nitrogens is 1. The molecule has 1 atom stereocenters. The maximum absolute atomic E-state index is 4.31. The largest absolute Gasteiger partial charge is 0.377 e. The van der Waals surface area contributed by atoms with Gasteiger partial charge in [0.1, 0.15) is 4.60 Å². The summed E-state index contributed by atoms with van der Waals surface area (Å²) in [5, 5.41) is 3.50. The van der Waals surface area contributed by atoms with Crippen LogP contribution in [0.4, 0.5) is 5.69 Å². The molecule has 1 N–H and O–H groups in total. The molecule has 2 nitrogen and oxygen atoms in total. The van der Waals surface area contributed by atoms with Crippen LogP contribution >= 0.6 is 27.3 Å². The van der Waals surface area contributed by atoms with E-state index < -0.39 is 0 Å². The molecule has 0 aliphatic carbocycles. The van der Waals surface area contributed by atoms with Crippen LogP contribution in [0.3, 0.4) is 0 Å². The molecule has 1 unspecified atom stereocenters. The third kappa shape index (κ3) is 2.93. The molecule has 0 saturated carbocycles.